The van der Waals surface area contributed by atoms with Crippen LogP contribution in [0.5, 0.6) is 11.5 Å². The van der Waals surface area contributed by atoms with Gasteiger partial charge >= 0.3 is 0 Å². The quantitative estimate of drug-likeness (QED) is 0.580. The van der Waals surface area contributed by atoms with Gasteiger partial charge in [0.15, 0.2) is 11.5 Å². The molecule has 0 aromatic heterocycles. The topological polar surface area (TPSA) is 96.9 Å². The number of nitrogens with one attached hydrogen (secondary N) is 2. The van der Waals surface area contributed by atoms with Crippen LogP contribution in [0.4, 0.5) is 0 Å². The fourth-order valence-corrected chi connectivity index (χ4v) is 3.69. The van der Waals surface area contributed by atoms with Gasteiger partial charge in [-0.3, -0.25) is 9.59 Å². The molecule has 1 aliphatic carbocycles. The molecule has 0 heterocycles. The van der Waals surface area contributed by atoms with Crippen LogP contribution < -0.4 is 20.1 Å². The van der Waals surface area contributed by atoms with Crippen LogP contribution in [0.25, 0.3) is 0 Å². The highest BCUT2D eigenvalue weighted by Crippen LogP contribution is 2.44. The van der Waals surface area contributed by atoms with Crippen molar-refractivity contribution in [2.45, 2.75) is 50.2 Å². The zero-order valence-electron chi connectivity index (χ0n) is 16.6. The number of hydrogen-bond acceptors (Lipinski definition) is 5. The summed E-state index contributed by atoms with van der Waals surface area (Å²) in [7, 11) is 3.10. The zero-order valence-corrected chi connectivity index (χ0v) is 16.6. The van der Waals surface area contributed by atoms with Gasteiger partial charge in [-0.25, -0.2) is 0 Å². The van der Waals surface area contributed by atoms with Crippen molar-refractivity contribution in [3.63, 3.8) is 0 Å². The summed E-state index contributed by atoms with van der Waals surface area (Å²) in [5, 5.41) is 15.3. The highest BCUT2D eigenvalue weighted by atomic mass is 16.5. The molecule has 7 heteroatoms. The molecule has 0 radical (unpaired) electrons. The highest BCUT2D eigenvalue weighted by Gasteiger charge is 2.44. The van der Waals surface area contributed by atoms with Crippen LogP contribution in [0, 0.1) is 12.3 Å². The predicted octanol–water partition coefficient (Wildman–Crippen LogP) is 1.13. The molecular weight excluding hydrogens is 360 g/mol. The van der Waals surface area contributed by atoms with Gasteiger partial charge in [-0.05, 0) is 37.5 Å². The van der Waals surface area contributed by atoms with Gasteiger partial charge < -0.3 is 25.2 Å². The third-order valence-corrected chi connectivity index (χ3v) is 5.24. The summed E-state index contributed by atoms with van der Waals surface area (Å²) in [4.78, 5) is 25.6. The molecule has 2 atom stereocenters. The van der Waals surface area contributed by atoms with Gasteiger partial charge in [0, 0.05) is 0 Å². The number of carbonyl (C=O) groups is 2. The minimum atomic E-state index is -1.08. The van der Waals surface area contributed by atoms with Crippen molar-refractivity contribution in [1.82, 2.24) is 10.6 Å². The van der Waals surface area contributed by atoms with Gasteiger partial charge in [0.2, 0.25) is 11.8 Å². The second-order valence-electron chi connectivity index (χ2n) is 6.97. The maximum absolute atomic E-state index is 13.3. The van der Waals surface area contributed by atoms with E-state index in [1.807, 2.05) is 6.07 Å². The van der Waals surface area contributed by atoms with Crippen LogP contribution in [0.3, 0.4) is 0 Å². The van der Waals surface area contributed by atoms with Crippen molar-refractivity contribution < 1.29 is 24.2 Å². The molecule has 2 rings (SSSR count). The van der Waals surface area contributed by atoms with E-state index in [1.54, 1.807) is 26.4 Å². The first-order valence-corrected chi connectivity index (χ1v) is 9.32. The van der Waals surface area contributed by atoms with Crippen molar-refractivity contribution in [3.05, 3.63) is 23.8 Å². The van der Waals surface area contributed by atoms with E-state index in [2.05, 4.69) is 16.6 Å². The smallest absolute Gasteiger partial charge is 0.246 e. The van der Waals surface area contributed by atoms with E-state index in [1.165, 1.54) is 6.92 Å². The minimum absolute atomic E-state index is 0.0265. The van der Waals surface area contributed by atoms with Gasteiger partial charge in [-0.15, -0.1) is 6.42 Å². The average Bonchev–Trinajstić information content (AvgIpc) is 3.20. The van der Waals surface area contributed by atoms with Gasteiger partial charge in [0.1, 0.15) is 6.04 Å². The van der Waals surface area contributed by atoms with Crippen molar-refractivity contribution >= 4 is 11.8 Å². The fourth-order valence-electron chi connectivity index (χ4n) is 3.69. The molecule has 1 saturated carbocycles. The van der Waals surface area contributed by atoms with E-state index in [0.29, 0.717) is 24.3 Å². The first-order valence-electron chi connectivity index (χ1n) is 9.32. The van der Waals surface area contributed by atoms with E-state index in [9.17, 15) is 14.7 Å². The Hall–Kier alpha value is -2.72. The summed E-state index contributed by atoms with van der Waals surface area (Å²) in [6.45, 7) is 1.48. The Bertz CT molecular complexity index is 748. The van der Waals surface area contributed by atoms with Crippen LogP contribution in [0.1, 0.15) is 38.2 Å². The summed E-state index contributed by atoms with van der Waals surface area (Å²) >= 11 is 0. The maximum Gasteiger partial charge on any atom is 0.246 e. The van der Waals surface area contributed by atoms with Gasteiger partial charge in [-0.1, -0.05) is 24.8 Å². The summed E-state index contributed by atoms with van der Waals surface area (Å²) in [6, 6.07) is 4.34. The van der Waals surface area contributed by atoms with Crippen molar-refractivity contribution in [2.24, 2.45) is 0 Å². The number of rotatable bonds is 8. The molecule has 7 nitrogen and oxygen atoms in total. The Morgan fingerprint density at radius 1 is 1.25 bits per heavy atom. The maximum atomic E-state index is 13.3. The van der Waals surface area contributed by atoms with Gasteiger partial charge in [0.05, 0.1) is 32.3 Å². The Kier molecular flexibility index (Phi) is 7.30. The average molecular weight is 388 g/mol. The lowest BCUT2D eigenvalue weighted by Gasteiger charge is -2.31. The number of terminal acetylenes is 1. The van der Waals surface area contributed by atoms with Crippen LogP contribution in [-0.2, 0) is 15.0 Å². The normalized spacial score (nSPS) is 17.1. The van der Waals surface area contributed by atoms with E-state index in [0.717, 1.165) is 18.4 Å². The van der Waals surface area contributed by atoms with Gasteiger partial charge in [-0.2, -0.15) is 0 Å². The first kappa shape index (κ1) is 21.6. The van der Waals surface area contributed by atoms with Crippen LogP contribution in [0.15, 0.2) is 18.2 Å². The second-order valence-corrected chi connectivity index (χ2v) is 6.97. The highest BCUT2D eigenvalue weighted by molar-refractivity contribution is 5.94. The number of aliphatic hydroxyl groups excluding tert-OH is 1. The third-order valence-electron chi connectivity index (χ3n) is 5.24. The number of benzene rings is 1. The molecule has 3 N–H and O–H groups in total. The number of carbonyl (C=O) groups excluding carboxylic acids is 2. The standard InChI is InChI=1S/C21H28N2O5/c1-5-12-22-19(25)18(14(2)24)23-20(26)21(10-6-7-11-21)15-8-9-16(27-3)17(13-15)28-4/h1,8-9,13-14,18,24H,6-7,10-12H2,2-4H3,(H,22,25)(H,23,26)/t14-,18+/m1/s1. The lowest BCUT2D eigenvalue weighted by molar-refractivity contribution is -0.134. The number of hydrogen-bond donors (Lipinski definition) is 3. The molecule has 152 valence electrons. The second kappa shape index (κ2) is 9.47. The number of ether oxygens (including phenoxy) is 2. The number of amides is 2. The van der Waals surface area contributed by atoms with Gasteiger partial charge in [0.25, 0.3) is 0 Å². The molecule has 0 aliphatic heterocycles. The van der Waals surface area contributed by atoms with E-state index < -0.39 is 23.5 Å². The van der Waals surface area contributed by atoms with E-state index in [4.69, 9.17) is 15.9 Å². The van der Waals surface area contributed by atoms with Crippen LogP contribution in [0.2, 0.25) is 0 Å². The molecule has 1 fully saturated rings. The SMILES string of the molecule is C#CCNC(=O)[C@@H](NC(=O)C1(c2ccc(OC)c(OC)c2)CCCC1)[C@@H](C)O. The Morgan fingerprint density at radius 2 is 1.89 bits per heavy atom. The largest absolute Gasteiger partial charge is 0.493 e. The Labute approximate surface area is 165 Å². The first-order chi connectivity index (χ1) is 13.4. The summed E-state index contributed by atoms with van der Waals surface area (Å²) in [5.74, 6) is 2.62. The summed E-state index contributed by atoms with van der Waals surface area (Å²) in [6.07, 6.45) is 7.18. The summed E-state index contributed by atoms with van der Waals surface area (Å²) < 4.78 is 10.7. The Balaban J connectivity index is 2.33. The molecule has 1 aromatic rings. The van der Waals surface area contributed by atoms with Crippen molar-refractivity contribution in [3.8, 4) is 23.8 Å². The van der Waals surface area contributed by atoms with Crippen molar-refractivity contribution in [1.29, 1.82) is 0 Å². The molecule has 0 unspecified atom stereocenters. The molecule has 2 amide bonds. The molecule has 0 bridgehead atoms. The fraction of sp³-hybridized carbons (Fsp3) is 0.524. The number of aliphatic hydroxyl groups is 1. The predicted molar refractivity (Wildman–Crippen MR) is 105 cm³/mol. The van der Waals surface area contributed by atoms with Crippen LogP contribution in [-0.4, -0.2) is 49.8 Å². The third kappa shape index (κ3) is 4.39. The van der Waals surface area contributed by atoms with Crippen molar-refractivity contribution in [2.75, 3.05) is 20.8 Å². The van der Waals surface area contributed by atoms with E-state index in [-0.39, 0.29) is 12.5 Å². The van der Waals surface area contributed by atoms with Crippen LogP contribution >= 0.6 is 0 Å². The molecule has 28 heavy (non-hydrogen) atoms. The molecule has 0 spiro atoms. The zero-order chi connectivity index (χ0) is 20.7. The molecule has 0 saturated heterocycles. The van der Waals surface area contributed by atoms with E-state index >= 15 is 0 Å². The minimum Gasteiger partial charge on any atom is -0.493 e. The lowest BCUT2D eigenvalue weighted by atomic mass is 9.77. The number of methoxy groups -OCH3 is 2. The molecular formula is C21H28N2O5. The molecule has 1 aromatic carbocycles. The summed E-state index contributed by atoms with van der Waals surface area (Å²) in [5.41, 5.74) is 0.00699. The Morgan fingerprint density at radius 3 is 2.43 bits per heavy atom. The molecule has 1 aliphatic rings. The lowest BCUT2D eigenvalue weighted by Crippen LogP contribution is -2.56. The monoisotopic (exact) mass is 388 g/mol.